The van der Waals surface area contributed by atoms with Crippen LogP contribution in [0.5, 0.6) is 0 Å². The Morgan fingerprint density at radius 3 is 1.25 bits per heavy atom. The minimum absolute atomic E-state index is 0.250. The summed E-state index contributed by atoms with van der Waals surface area (Å²) < 4.78 is 0. The summed E-state index contributed by atoms with van der Waals surface area (Å²) in [7, 11) is -1.61. The summed E-state index contributed by atoms with van der Waals surface area (Å²) in [6.45, 7) is 7.58. The van der Waals surface area contributed by atoms with Gasteiger partial charge in [0.2, 0.25) is 0 Å². The van der Waals surface area contributed by atoms with Crippen molar-refractivity contribution >= 4 is 8.32 Å². The molecular weight excluding hydrogens is 120 g/mol. The molecule has 2 N–H and O–H groups in total. The zero-order valence-electron chi connectivity index (χ0n) is 6.10. The van der Waals surface area contributed by atoms with E-state index in [2.05, 4.69) is 0 Å². The third-order valence-corrected chi connectivity index (χ3v) is 0. The summed E-state index contributed by atoms with van der Waals surface area (Å²) in [4.78, 5) is 8.66. The van der Waals surface area contributed by atoms with Crippen LogP contribution in [0.3, 0.4) is 0 Å². The van der Waals surface area contributed by atoms with Crippen molar-refractivity contribution < 1.29 is 9.90 Å². The highest BCUT2D eigenvalue weighted by molar-refractivity contribution is 6.68. The maximum Gasteiger partial charge on any atom is 0.179 e. The van der Waals surface area contributed by atoms with Gasteiger partial charge in [0.05, 0.1) is 0 Å². The number of aliphatic hydroxyl groups is 1. The van der Waals surface area contributed by atoms with Crippen molar-refractivity contribution in [1.29, 1.82) is 0 Å². The van der Waals surface area contributed by atoms with E-state index < -0.39 is 8.32 Å². The molecule has 0 atom stereocenters. The second kappa shape index (κ2) is 5.28. The lowest BCUT2D eigenvalue weighted by Crippen LogP contribution is -2.17. The molecule has 2 nitrogen and oxygen atoms in total. The van der Waals surface area contributed by atoms with E-state index in [-0.39, 0.29) is 6.61 Å². The van der Waals surface area contributed by atoms with Gasteiger partial charge >= 0.3 is 0 Å². The van der Waals surface area contributed by atoms with Gasteiger partial charge in [0.25, 0.3) is 0 Å². The van der Waals surface area contributed by atoms with Gasteiger partial charge in [0.1, 0.15) is 0 Å². The van der Waals surface area contributed by atoms with Gasteiger partial charge in [-0.05, 0) is 26.6 Å². The summed E-state index contributed by atoms with van der Waals surface area (Å²) in [5.41, 5.74) is 0. The first-order chi connectivity index (χ1) is 3.41. The Morgan fingerprint density at radius 2 is 1.25 bits per heavy atom. The van der Waals surface area contributed by atoms with E-state index in [4.69, 9.17) is 9.90 Å². The molecule has 0 aromatic heterocycles. The van der Waals surface area contributed by atoms with Crippen LogP contribution in [0.1, 0.15) is 6.92 Å². The smallest absolute Gasteiger partial charge is 0.179 e. The van der Waals surface area contributed by atoms with Crippen molar-refractivity contribution in [3.63, 3.8) is 0 Å². The molecule has 0 aromatic carbocycles. The first kappa shape index (κ1) is 11.0. The van der Waals surface area contributed by atoms with Crippen molar-refractivity contribution in [3.05, 3.63) is 0 Å². The van der Waals surface area contributed by atoms with Gasteiger partial charge in [-0.2, -0.15) is 0 Å². The number of hydrogen-bond donors (Lipinski definition) is 2. The molecule has 0 heterocycles. The molecule has 0 amide bonds. The Bertz CT molecular complexity index is 34.2. The lowest BCUT2D eigenvalue weighted by Gasteiger charge is -2.00. The van der Waals surface area contributed by atoms with Gasteiger partial charge in [-0.1, -0.05) is 0 Å². The second-order valence-corrected chi connectivity index (χ2v) is 6.83. The van der Waals surface area contributed by atoms with E-state index in [0.29, 0.717) is 0 Å². The SMILES string of the molecule is CCO.C[Si](C)(C)O. The maximum atomic E-state index is 8.66. The van der Waals surface area contributed by atoms with Crippen LogP contribution in [0, 0.1) is 0 Å². The van der Waals surface area contributed by atoms with Crippen LogP contribution in [0.15, 0.2) is 0 Å². The van der Waals surface area contributed by atoms with Crippen LogP contribution in [0.2, 0.25) is 19.6 Å². The van der Waals surface area contributed by atoms with Gasteiger partial charge in [-0.25, -0.2) is 0 Å². The highest BCUT2D eigenvalue weighted by atomic mass is 28.4. The molecule has 0 saturated carbocycles. The fourth-order valence-corrected chi connectivity index (χ4v) is 0. The number of rotatable bonds is 0. The highest BCUT2D eigenvalue weighted by Crippen LogP contribution is 1.88. The predicted octanol–water partition coefficient (Wildman–Crippen LogP) is 0.812. The lowest BCUT2D eigenvalue weighted by molar-refractivity contribution is 0.318. The molecule has 0 radical (unpaired) electrons. The Labute approximate surface area is 52.3 Å². The van der Waals surface area contributed by atoms with E-state index in [1.807, 2.05) is 19.6 Å². The van der Waals surface area contributed by atoms with Gasteiger partial charge in [0, 0.05) is 6.61 Å². The predicted molar refractivity (Wildman–Crippen MR) is 38.3 cm³/mol. The molecule has 0 saturated heterocycles. The molecule has 0 aliphatic rings. The molecule has 0 aliphatic heterocycles. The molecule has 0 spiro atoms. The van der Waals surface area contributed by atoms with Crippen molar-refractivity contribution in [3.8, 4) is 0 Å². The summed E-state index contributed by atoms with van der Waals surface area (Å²) in [5, 5.41) is 7.57. The van der Waals surface area contributed by atoms with Crippen LogP contribution in [0.4, 0.5) is 0 Å². The van der Waals surface area contributed by atoms with Crippen LogP contribution in [0.25, 0.3) is 0 Å². The van der Waals surface area contributed by atoms with Gasteiger partial charge in [0.15, 0.2) is 8.32 Å². The first-order valence-electron chi connectivity index (χ1n) is 2.75. The van der Waals surface area contributed by atoms with Gasteiger partial charge in [-0.3, -0.25) is 0 Å². The van der Waals surface area contributed by atoms with Crippen molar-refractivity contribution in [2.24, 2.45) is 0 Å². The molecule has 0 aromatic rings. The largest absolute Gasteiger partial charge is 0.433 e. The molecule has 0 unspecified atom stereocenters. The molecule has 0 fully saturated rings. The molecule has 0 aliphatic carbocycles. The first-order valence-corrected chi connectivity index (χ1v) is 6.19. The average Bonchev–Trinajstić information content (AvgIpc) is 1.27. The zero-order chi connectivity index (χ0) is 7.21. The molecule has 0 rings (SSSR count). The fraction of sp³-hybridized carbons (Fsp3) is 1.00. The van der Waals surface area contributed by atoms with E-state index in [0.717, 1.165) is 0 Å². The second-order valence-electron chi connectivity index (χ2n) is 2.49. The van der Waals surface area contributed by atoms with Gasteiger partial charge in [-0.15, -0.1) is 0 Å². The standard InChI is InChI=1S/C3H10OSi.C2H6O/c1-5(2,3)4;1-2-3/h4H,1-3H3;3H,2H2,1H3. The summed E-state index contributed by atoms with van der Waals surface area (Å²) in [5.74, 6) is 0. The van der Waals surface area contributed by atoms with Crippen LogP contribution < -0.4 is 0 Å². The van der Waals surface area contributed by atoms with Crippen molar-refractivity contribution in [2.45, 2.75) is 26.6 Å². The molecule has 0 bridgehead atoms. The number of hydrogen-bond acceptors (Lipinski definition) is 2. The Hall–Kier alpha value is 0.137. The minimum Gasteiger partial charge on any atom is -0.433 e. The number of aliphatic hydroxyl groups excluding tert-OH is 1. The van der Waals surface area contributed by atoms with Crippen molar-refractivity contribution in [1.82, 2.24) is 0 Å². The van der Waals surface area contributed by atoms with Gasteiger partial charge < -0.3 is 9.90 Å². The lowest BCUT2D eigenvalue weighted by atomic mass is 10.9. The Morgan fingerprint density at radius 1 is 1.25 bits per heavy atom. The van der Waals surface area contributed by atoms with Crippen LogP contribution in [-0.4, -0.2) is 24.8 Å². The third-order valence-electron chi connectivity index (χ3n) is 0. The summed E-state index contributed by atoms with van der Waals surface area (Å²) in [6, 6.07) is 0. The van der Waals surface area contributed by atoms with E-state index in [1.54, 1.807) is 6.92 Å². The average molecular weight is 136 g/mol. The topological polar surface area (TPSA) is 40.5 Å². The third kappa shape index (κ3) is 8640. The minimum atomic E-state index is -1.61. The quantitative estimate of drug-likeness (QED) is 0.484. The molecular formula is C5H16O2Si. The Balaban J connectivity index is 0. The van der Waals surface area contributed by atoms with E-state index >= 15 is 0 Å². The summed E-state index contributed by atoms with van der Waals surface area (Å²) in [6.07, 6.45) is 0. The van der Waals surface area contributed by atoms with E-state index in [9.17, 15) is 0 Å². The fourth-order valence-electron chi connectivity index (χ4n) is 0. The van der Waals surface area contributed by atoms with E-state index in [1.165, 1.54) is 0 Å². The highest BCUT2D eigenvalue weighted by Gasteiger charge is 2.03. The monoisotopic (exact) mass is 136 g/mol. The summed E-state index contributed by atoms with van der Waals surface area (Å²) >= 11 is 0. The van der Waals surface area contributed by atoms with Crippen molar-refractivity contribution in [2.75, 3.05) is 6.61 Å². The Kier molecular flexibility index (Phi) is 7.26. The zero-order valence-corrected chi connectivity index (χ0v) is 7.10. The molecule has 52 valence electrons. The maximum absolute atomic E-state index is 8.66. The van der Waals surface area contributed by atoms with Crippen LogP contribution >= 0.6 is 0 Å². The molecule has 8 heavy (non-hydrogen) atoms. The molecule has 3 heteroatoms. The van der Waals surface area contributed by atoms with Crippen LogP contribution in [-0.2, 0) is 0 Å². The normalized spacial score (nSPS) is 9.75.